The number of nitriles is 1. The van der Waals surface area contributed by atoms with Crippen LogP contribution < -0.4 is 5.32 Å². The highest BCUT2D eigenvalue weighted by Crippen LogP contribution is 2.22. The van der Waals surface area contributed by atoms with Crippen molar-refractivity contribution >= 4 is 17.3 Å². The maximum absolute atomic E-state index is 8.76. The van der Waals surface area contributed by atoms with Gasteiger partial charge in [0.05, 0.1) is 10.6 Å². The zero-order chi connectivity index (χ0) is 12.1. The van der Waals surface area contributed by atoms with Gasteiger partial charge in [-0.1, -0.05) is 31.9 Å². The second kappa shape index (κ2) is 5.77. The first-order valence-electron chi connectivity index (χ1n) is 5.54. The van der Waals surface area contributed by atoms with E-state index in [1.165, 1.54) is 0 Å². The van der Waals surface area contributed by atoms with Gasteiger partial charge in [0.1, 0.15) is 6.07 Å². The summed E-state index contributed by atoms with van der Waals surface area (Å²) in [6.45, 7) is 6.54. The van der Waals surface area contributed by atoms with Crippen LogP contribution in [-0.4, -0.2) is 6.04 Å². The molecule has 2 atom stereocenters. The van der Waals surface area contributed by atoms with Gasteiger partial charge >= 0.3 is 0 Å². The highest BCUT2D eigenvalue weighted by atomic mass is 35.5. The van der Waals surface area contributed by atoms with E-state index in [2.05, 4.69) is 26.1 Å². The molecule has 1 aromatic rings. The lowest BCUT2D eigenvalue weighted by Crippen LogP contribution is -2.23. The van der Waals surface area contributed by atoms with Crippen LogP contribution in [0.2, 0.25) is 5.02 Å². The van der Waals surface area contributed by atoms with Crippen LogP contribution in [0.15, 0.2) is 18.2 Å². The topological polar surface area (TPSA) is 35.8 Å². The van der Waals surface area contributed by atoms with Crippen molar-refractivity contribution in [1.82, 2.24) is 0 Å². The SMILES string of the molecule is CCC(C)C(C)Nc1ccc(C#N)c(Cl)c1. The quantitative estimate of drug-likeness (QED) is 0.856. The van der Waals surface area contributed by atoms with E-state index in [4.69, 9.17) is 16.9 Å². The Kier molecular flexibility index (Phi) is 4.64. The van der Waals surface area contributed by atoms with Crippen molar-refractivity contribution in [2.75, 3.05) is 5.32 Å². The molecule has 0 aromatic heterocycles. The fourth-order valence-electron chi connectivity index (χ4n) is 1.45. The van der Waals surface area contributed by atoms with Gasteiger partial charge in [0, 0.05) is 11.7 Å². The van der Waals surface area contributed by atoms with Crippen molar-refractivity contribution in [3.63, 3.8) is 0 Å². The van der Waals surface area contributed by atoms with Gasteiger partial charge in [0.25, 0.3) is 0 Å². The van der Waals surface area contributed by atoms with Crippen LogP contribution in [0, 0.1) is 17.2 Å². The Morgan fingerprint density at radius 3 is 2.62 bits per heavy atom. The fraction of sp³-hybridized carbons (Fsp3) is 0.462. The van der Waals surface area contributed by atoms with Crippen LogP contribution >= 0.6 is 11.6 Å². The van der Waals surface area contributed by atoms with Gasteiger partial charge in [-0.2, -0.15) is 5.26 Å². The van der Waals surface area contributed by atoms with E-state index in [9.17, 15) is 0 Å². The van der Waals surface area contributed by atoms with Gasteiger partial charge in [0.2, 0.25) is 0 Å². The molecule has 0 amide bonds. The average molecular weight is 237 g/mol. The summed E-state index contributed by atoms with van der Waals surface area (Å²) < 4.78 is 0. The number of hydrogen-bond acceptors (Lipinski definition) is 2. The molecule has 86 valence electrons. The summed E-state index contributed by atoms with van der Waals surface area (Å²) in [5, 5.41) is 12.7. The Morgan fingerprint density at radius 1 is 1.44 bits per heavy atom. The summed E-state index contributed by atoms with van der Waals surface area (Å²) in [5.74, 6) is 0.606. The Hall–Kier alpha value is -1.20. The molecule has 1 aromatic carbocycles. The molecule has 3 heteroatoms. The minimum Gasteiger partial charge on any atom is -0.382 e. The van der Waals surface area contributed by atoms with Crippen molar-refractivity contribution in [1.29, 1.82) is 5.26 Å². The molecule has 0 saturated carbocycles. The molecule has 0 aliphatic carbocycles. The first kappa shape index (κ1) is 12.9. The molecule has 16 heavy (non-hydrogen) atoms. The Balaban J connectivity index is 2.76. The molecule has 0 fully saturated rings. The fourth-order valence-corrected chi connectivity index (χ4v) is 1.68. The normalized spacial score (nSPS) is 13.9. The van der Waals surface area contributed by atoms with Crippen LogP contribution in [-0.2, 0) is 0 Å². The number of halogens is 1. The molecule has 1 rings (SSSR count). The van der Waals surface area contributed by atoms with Crippen LogP contribution in [0.4, 0.5) is 5.69 Å². The lowest BCUT2D eigenvalue weighted by atomic mass is 10.0. The van der Waals surface area contributed by atoms with Gasteiger partial charge in [-0.05, 0) is 31.0 Å². The molecule has 0 bridgehead atoms. The zero-order valence-electron chi connectivity index (χ0n) is 9.92. The first-order valence-corrected chi connectivity index (χ1v) is 5.92. The van der Waals surface area contributed by atoms with E-state index in [-0.39, 0.29) is 0 Å². The lowest BCUT2D eigenvalue weighted by molar-refractivity contribution is 0.494. The number of nitrogens with zero attached hydrogens (tertiary/aromatic N) is 1. The van der Waals surface area contributed by atoms with Gasteiger partial charge in [0.15, 0.2) is 0 Å². The van der Waals surface area contributed by atoms with Crippen molar-refractivity contribution in [2.45, 2.75) is 33.2 Å². The van der Waals surface area contributed by atoms with Crippen molar-refractivity contribution < 1.29 is 0 Å². The molecule has 1 N–H and O–H groups in total. The summed E-state index contributed by atoms with van der Waals surface area (Å²) in [6.07, 6.45) is 1.14. The van der Waals surface area contributed by atoms with Gasteiger partial charge in [-0.3, -0.25) is 0 Å². The molecule has 0 aliphatic heterocycles. The minimum atomic E-state index is 0.397. The Labute approximate surface area is 102 Å². The molecule has 2 unspecified atom stereocenters. The average Bonchev–Trinajstić information content (AvgIpc) is 2.28. The lowest BCUT2D eigenvalue weighted by Gasteiger charge is -2.21. The smallest absolute Gasteiger partial charge is 0.101 e. The van der Waals surface area contributed by atoms with E-state index in [0.29, 0.717) is 22.5 Å². The van der Waals surface area contributed by atoms with Crippen LogP contribution in [0.3, 0.4) is 0 Å². The van der Waals surface area contributed by atoms with Crippen LogP contribution in [0.1, 0.15) is 32.8 Å². The van der Waals surface area contributed by atoms with Crippen molar-refractivity contribution in [3.8, 4) is 6.07 Å². The zero-order valence-corrected chi connectivity index (χ0v) is 10.7. The van der Waals surface area contributed by atoms with Crippen LogP contribution in [0.25, 0.3) is 0 Å². The summed E-state index contributed by atoms with van der Waals surface area (Å²) in [4.78, 5) is 0. The maximum Gasteiger partial charge on any atom is 0.101 e. The van der Waals surface area contributed by atoms with Crippen molar-refractivity contribution in [2.24, 2.45) is 5.92 Å². The monoisotopic (exact) mass is 236 g/mol. The maximum atomic E-state index is 8.76. The van der Waals surface area contributed by atoms with E-state index < -0.39 is 0 Å². The van der Waals surface area contributed by atoms with E-state index in [1.807, 2.05) is 12.1 Å². The third-order valence-electron chi connectivity index (χ3n) is 2.98. The second-order valence-corrected chi connectivity index (χ2v) is 4.53. The number of hydrogen-bond donors (Lipinski definition) is 1. The molecule has 0 saturated heterocycles. The standard InChI is InChI=1S/C13H17ClN2/c1-4-9(2)10(3)16-12-6-5-11(8-15)13(14)7-12/h5-7,9-10,16H,4H2,1-3H3. The van der Waals surface area contributed by atoms with Crippen molar-refractivity contribution in [3.05, 3.63) is 28.8 Å². The summed E-state index contributed by atoms with van der Waals surface area (Å²) in [5.41, 5.74) is 1.49. The Morgan fingerprint density at radius 2 is 2.12 bits per heavy atom. The number of benzene rings is 1. The summed E-state index contributed by atoms with van der Waals surface area (Å²) >= 11 is 5.96. The highest BCUT2D eigenvalue weighted by Gasteiger charge is 2.10. The number of anilines is 1. The summed E-state index contributed by atoms with van der Waals surface area (Å²) in [7, 11) is 0. The van der Waals surface area contributed by atoms with Gasteiger partial charge in [-0.25, -0.2) is 0 Å². The van der Waals surface area contributed by atoms with E-state index in [0.717, 1.165) is 12.1 Å². The molecular weight excluding hydrogens is 220 g/mol. The molecule has 0 heterocycles. The Bertz CT molecular complexity index is 395. The van der Waals surface area contributed by atoms with E-state index in [1.54, 1.807) is 12.1 Å². The second-order valence-electron chi connectivity index (χ2n) is 4.12. The number of nitrogens with one attached hydrogen (secondary N) is 1. The van der Waals surface area contributed by atoms with Gasteiger partial charge in [-0.15, -0.1) is 0 Å². The third kappa shape index (κ3) is 3.15. The molecule has 0 aliphatic rings. The molecule has 0 radical (unpaired) electrons. The van der Waals surface area contributed by atoms with E-state index >= 15 is 0 Å². The van der Waals surface area contributed by atoms with Gasteiger partial charge < -0.3 is 5.32 Å². The predicted molar refractivity (Wildman–Crippen MR) is 68.7 cm³/mol. The largest absolute Gasteiger partial charge is 0.382 e. The highest BCUT2D eigenvalue weighted by molar-refractivity contribution is 6.32. The molecule has 2 nitrogen and oxygen atoms in total. The van der Waals surface area contributed by atoms with Crippen LogP contribution in [0.5, 0.6) is 0 Å². The summed E-state index contributed by atoms with van der Waals surface area (Å²) in [6, 6.07) is 7.89. The number of rotatable bonds is 4. The molecule has 0 spiro atoms. The third-order valence-corrected chi connectivity index (χ3v) is 3.29. The molecular formula is C13H17ClN2. The minimum absolute atomic E-state index is 0.397. The predicted octanol–water partition coefficient (Wildman–Crippen LogP) is 4.06. The first-order chi connectivity index (χ1) is 7.58.